The van der Waals surface area contributed by atoms with E-state index in [0.717, 1.165) is 11.8 Å². The van der Waals surface area contributed by atoms with E-state index in [-0.39, 0.29) is 18.1 Å². The molecule has 1 rings (SSSR count). The van der Waals surface area contributed by atoms with Gasteiger partial charge in [-0.05, 0) is 25.5 Å². The molecule has 0 aliphatic carbocycles. The van der Waals surface area contributed by atoms with Crippen molar-refractivity contribution < 1.29 is 18.0 Å². The number of nitrogens with one attached hydrogen (secondary N) is 2. The number of hydrogen-bond acceptors (Lipinski definition) is 4. The Bertz CT molecular complexity index is 608. The van der Waals surface area contributed by atoms with E-state index >= 15 is 0 Å². The lowest BCUT2D eigenvalue weighted by Gasteiger charge is -2.17. The van der Waals surface area contributed by atoms with Crippen LogP contribution in [0.25, 0.3) is 0 Å². The summed E-state index contributed by atoms with van der Waals surface area (Å²) in [5, 5.41) is 5.13. The molecular weight excluding hydrogens is 292 g/mol. The summed E-state index contributed by atoms with van der Waals surface area (Å²) in [5.74, 6) is -0.982. The van der Waals surface area contributed by atoms with Gasteiger partial charge in [-0.25, -0.2) is 8.42 Å². The van der Waals surface area contributed by atoms with Crippen LogP contribution in [0, 0.1) is 6.92 Å². The quantitative estimate of drug-likeness (QED) is 0.815. The standard InChI is InChI=1S/C14H20N2O4S/c1-10-4-6-12(7-5-10)16-14(18)13(15-11(2)17)8-9-21(3,19)20/h4-7,13H,8-9H2,1-3H3,(H,15,17)(H,16,18). The van der Waals surface area contributed by atoms with Gasteiger partial charge in [-0.2, -0.15) is 0 Å². The summed E-state index contributed by atoms with van der Waals surface area (Å²) in [4.78, 5) is 23.3. The molecule has 1 aromatic carbocycles. The smallest absolute Gasteiger partial charge is 0.246 e. The number of carbonyl (C=O) groups excluding carboxylic acids is 2. The summed E-state index contributed by atoms with van der Waals surface area (Å²) in [6.07, 6.45) is 1.13. The van der Waals surface area contributed by atoms with Gasteiger partial charge in [0.05, 0.1) is 5.75 Å². The van der Waals surface area contributed by atoms with Crippen LogP contribution in [0.4, 0.5) is 5.69 Å². The van der Waals surface area contributed by atoms with Gasteiger partial charge < -0.3 is 10.6 Å². The Morgan fingerprint density at radius 2 is 1.76 bits per heavy atom. The van der Waals surface area contributed by atoms with E-state index in [1.54, 1.807) is 12.1 Å². The fourth-order valence-electron chi connectivity index (χ4n) is 1.71. The Morgan fingerprint density at radius 3 is 2.24 bits per heavy atom. The van der Waals surface area contributed by atoms with Gasteiger partial charge in [-0.15, -0.1) is 0 Å². The molecule has 2 N–H and O–H groups in total. The molecule has 116 valence electrons. The van der Waals surface area contributed by atoms with Gasteiger partial charge in [-0.3, -0.25) is 9.59 Å². The largest absolute Gasteiger partial charge is 0.345 e. The average molecular weight is 312 g/mol. The zero-order chi connectivity index (χ0) is 16.0. The van der Waals surface area contributed by atoms with E-state index in [1.165, 1.54) is 6.92 Å². The van der Waals surface area contributed by atoms with Gasteiger partial charge in [0.15, 0.2) is 0 Å². The molecule has 0 aliphatic heterocycles. The van der Waals surface area contributed by atoms with Gasteiger partial charge in [0, 0.05) is 18.9 Å². The summed E-state index contributed by atoms with van der Waals surface area (Å²) < 4.78 is 22.4. The number of anilines is 1. The van der Waals surface area contributed by atoms with Crippen LogP contribution in [0.15, 0.2) is 24.3 Å². The molecule has 0 spiro atoms. The van der Waals surface area contributed by atoms with Crippen molar-refractivity contribution in [2.45, 2.75) is 26.3 Å². The summed E-state index contributed by atoms with van der Waals surface area (Å²) in [6.45, 7) is 3.21. The highest BCUT2D eigenvalue weighted by Crippen LogP contribution is 2.10. The first-order chi connectivity index (χ1) is 9.67. The molecule has 0 bridgehead atoms. The molecule has 0 saturated carbocycles. The van der Waals surface area contributed by atoms with Crippen molar-refractivity contribution in [3.63, 3.8) is 0 Å². The van der Waals surface area contributed by atoms with E-state index in [2.05, 4.69) is 10.6 Å². The first-order valence-electron chi connectivity index (χ1n) is 6.50. The Labute approximate surface area is 124 Å². The normalized spacial score (nSPS) is 12.5. The molecule has 1 aromatic rings. The number of aryl methyl sites for hydroxylation is 1. The Balaban J connectivity index is 2.74. The highest BCUT2D eigenvalue weighted by molar-refractivity contribution is 7.90. The van der Waals surface area contributed by atoms with Crippen LogP contribution in [0.2, 0.25) is 0 Å². The topological polar surface area (TPSA) is 92.3 Å². The van der Waals surface area contributed by atoms with Crippen LogP contribution in [0.5, 0.6) is 0 Å². The summed E-state index contributed by atoms with van der Waals surface area (Å²) in [6, 6.07) is 6.31. The second kappa shape index (κ2) is 7.21. The molecule has 0 heterocycles. The van der Waals surface area contributed by atoms with E-state index in [9.17, 15) is 18.0 Å². The molecule has 0 aliphatic rings. The monoisotopic (exact) mass is 312 g/mol. The van der Waals surface area contributed by atoms with Crippen LogP contribution in [0.1, 0.15) is 18.9 Å². The van der Waals surface area contributed by atoms with E-state index in [0.29, 0.717) is 5.69 Å². The highest BCUT2D eigenvalue weighted by Gasteiger charge is 2.21. The van der Waals surface area contributed by atoms with Gasteiger partial charge in [0.25, 0.3) is 0 Å². The molecule has 0 radical (unpaired) electrons. The molecule has 0 fully saturated rings. The lowest BCUT2D eigenvalue weighted by atomic mass is 10.2. The first kappa shape index (κ1) is 17.2. The summed E-state index contributed by atoms with van der Waals surface area (Å²) >= 11 is 0. The molecule has 21 heavy (non-hydrogen) atoms. The van der Waals surface area contributed by atoms with Crippen LogP contribution >= 0.6 is 0 Å². The van der Waals surface area contributed by atoms with Crippen LogP contribution in [0.3, 0.4) is 0 Å². The third kappa shape index (κ3) is 6.89. The van der Waals surface area contributed by atoms with Gasteiger partial charge in [0.1, 0.15) is 15.9 Å². The molecule has 1 atom stereocenters. The average Bonchev–Trinajstić information content (AvgIpc) is 2.35. The predicted octanol–water partition coefficient (Wildman–Crippen LogP) is 0.873. The van der Waals surface area contributed by atoms with Gasteiger partial charge >= 0.3 is 0 Å². The van der Waals surface area contributed by atoms with Crippen LogP contribution in [-0.4, -0.2) is 38.3 Å². The minimum absolute atomic E-state index is 0.0378. The second-order valence-corrected chi connectivity index (χ2v) is 7.29. The van der Waals surface area contributed by atoms with Crippen molar-refractivity contribution >= 4 is 27.3 Å². The third-order valence-corrected chi connectivity index (χ3v) is 3.77. The zero-order valence-corrected chi connectivity index (χ0v) is 13.2. The Kier molecular flexibility index (Phi) is 5.90. The van der Waals surface area contributed by atoms with Crippen LogP contribution < -0.4 is 10.6 Å². The number of carbonyl (C=O) groups is 2. The first-order valence-corrected chi connectivity index (χ1v) is 8.56. The zero-order valence-electron chi connectivity index (χ0n) is 12.3. The van der Waals surface area contributed by atoms with Crippen molar-refractivity contribution in [1.29, 1.82) is 0 Å². The van der Waals surface area contributed by atoms with Crippen molar-refractivity contribution in [1.82, 2.24) is 5.32 Å². The lowest BCUT2D eigenvalue weighted by Crippen LogP contribution is -2.43. The van der Waals surface area contributed by atoms with Crippen molar-refractivity contribution in [3.05, 3.63) is 29.8 Å². The van der Waals surface area contributed by atoms with E-state index < -0.39 is 21.8 Å². The number of amides is 2. The van der Waals surface area contributed by atoms with Crippen molar-refractivity contribution in [2.75, 3.05) is 17.3 Å². The number of benzene rings is 1. The fraction of sp³-hybridized carbons (Fsp3) is 0.429. The van der Waals surface area contributed by atoms with Crippen LogP contribution in [-0.2, 0) is 19.4 Å². The van der Waals surface area contributed by atoms with E-state index in [4.69, 9.17) is 0 Å². The number of hydrogen-bond donors (Lipinski definition) is 2. The molecule has 7 heteroatoms. The minimum Gasteiger partial charge on any atom is -0.345 e. The molecule has 0 saturated heterocycles. The number of sulfone groups is 1. The molecule has 2 amide bonds. The molecule has 1 unspecified atom stereocenters. The fourth-order valence-corrected chi connectivity index (χ4v) is 2.38. The number of rotatable bonds is 6. The minimum atomic E-state index is -3.20. The molecule has 6 nitrogen and oxygen atoms in total. The molecular formula is C14H20N2O4S. The third-order valence-electron chi connectivity index (χ3n) is 2.79. The maximum absolute atomic E-state index is 12.1. The predicted molar refractivity (Wildman–Crippen MR) is 81.7 cm³/mol. The van der Waals surface area contributed by atoms with Crippen molar-refractivity contribution in [3.8, 4) is 0 Å². The van der Waals surface area contributed by atoms with E-state index in [1.807, 2.05) is 19.1 Å². The Hall–Kier alpha value is -1.89. The maximum atomic E-state index is 12.1. The SMILES string of the molecule is CC(=O)NC(CCS(C)(=O)=O)C(=O)Nc1ccc(C)cc1. The summed E-state index contributed by atoms with van der Waals surface area (Å²) in [5.41, 5.74) is 1.66. The molecule has 0 aromatic heterocycles. The lowest BCUT2D eigenvalue weighted by molar-refractivity contribution is -0.125. The highest BCUT2D eigenvalue weighted by atomic mass is 32.2. The summed E-state index contributed by atoms with van der Waals surface area (Å²) in [7, 11) is -3.20. The Morgan fingerprint density at radius 1 is 1.19 bits per heavy atom. The van der Waals surface area contributed by atoms with Crippen molar-refractivity contribution in [2.24, 2.45) is 0 Å². The van der Waals surface area contributed by atoms with Gasteiger partial charge in [0.2, 0.25) is 11.8 Å². The van der Waals surface area contributed by atoms with Gasteiger partial charge in [-0.1, -0.05) is 17.7 Å². The maximum Gasteiger partial charge on any atom is 0.246 e. The second-order valence-electron chi connectivity index (χ2n) is 5.03.